The zero-order valence-electron chi connectivity index (χ0n) is 11.2. The number of rotatable bonds is 7. The largest absolute Gasteiger partial charge is 0.481 e. The van der Waals surface area contributed by atoms with E-state index in [0.717, 1.165) is 37.9 Å². The van der Waals surface area contributed by atoms with Crippen LogP contribution in [0.1, 0.15) is 32.6 Å². The van der Waals surface area contributed by atoms with Crippen molar-refractivity contribution in [2.24, 2.45) is 11.3 Å². The predicted octanol–water partition coefficient (Wildman–Crippen LogP) is 3.98. The highest BCUT2D eigenvalue weighted by atomic mass is 127. The van der Waals surface area contributed by atoms with Gasteiger partial charge in [-0.3, -0.25) is 4.79 Å². The van der Waals surface area contributed by atoms with Gasteiger partial charge >= 0.3 is 5.97 Å². The Kier molecular flexibility index (Phi) is 4.71. The molecule has 1 atom stereocenters. The van der Waals surface area contributed by atoms with E-state index in [1.54, 1.807) is 0 Å². The van der Waals surface area contributed by atoms with Crippen LogP contribution in [0.2, 0.25) is 0 Å². The Labute approximate surface area is 127 Å². The van der Waals surface area contributed by atoms with Crippen LogP contribution >= 0.6 is 22.6 Å². The van der Waals surface area contributed by atoms with E-state index < -0.39 is 5.97 Å². The molecule has 1 aromatic rings. The molecule has 104 valence electrons. The van der Waals surface area contributed by atoms with Gasteiger partial charge in [-0.25, -0.2) is 0 Å². The molecule has 0 aromatic heterocycles. The van der Waals surface area contributed by atoms with Crippen LogP contribution in [0.4, 0.5) is 5.69 Å². The second-order valence-electron chi connectivity index (χ2n) is 5.51. The highest BCUT2D eigenvalue weighted by molar-refractivity contribution is 14.1. The molecule has 0 heterocycles. The van der Waals surface area contributed by atoms with Crippen molar-refractivity contribution in [3.63, 3.8) is 0 Å². The van der Waals surface area contributed by atoms with Crippen LogP contribution in [0.5, 0.6) is 0 Å². The highest BCUT2D eigenvalue weighted by Crippen LogP contribution is 2.51. The van der Waals surface area contributed by atoms with E-state index in [4.69, 9.17) is 5.11 Å². The Morgan fingerprint density at radius 3 is 2.53 bits per heavy atom. The maximum atomic E-state index is 11.1. The summed E-state index contributed by atoms with van der Waals surface area (Å²) in [5, 5.41) is 12.6. The molecule has 0 bridgehead atoms. The van der Waals surface area contributed by atoms with E-state index in [1.807, 2.05) is 6.92 Å². The van der Waals surface area contributed by atoms with E-state index >= 15 is 0 Å². The van der Waals surface area contributed by atoms with Gasteiger partial charge in [-0.2, -0.15) is 0 Å². The number of carboxylic acid groups (broad SMARTS) is 1. The Morgan fingerprint density at radius 2 is 2.05 bits per heavy atom. The Balaban J connectivity index is 1.88. The minimum atomic E-state index is -0.650. The van der Waals surface area contributed by atoms with Crippen molar-refractivity contribution in [3.05, 3.63) is 27.8 Å². The monoisotopic (exact) mass is 373 g/mol. The van der Waals surface area contributed by atoms with Gasteiger partial charge in [-0.05, 0) is 78.0 Å². The van der Waals surface area contributed by atoms with Crippen molar-refractivity contribution in [2.75, 3.05) is 11.9 Å². The zero-order chi connectivity index (χ0) is 13.9. The van der Waals surface area contributed by atoms with Gasteiger partial charge in [0.15, 0.2) is 0 Å². The van der Waals surface area contributed by atoms with Crippen LogP contribution in [-0.2, 0) is 4.79 Å². The van der Waals surface area contributed by atoms with Crippen molar-refractivity contribution in [2.45, 2.75) is 32.6 Å². The number of aliphatic carboxylic acids is 1. The molecule has 1 aliphatic carbocycles. The molecule has 0 saturated heterocycles. The minimum absolute atomic E-state index is 0.193. The highest BCUT2D eigenvalue weighted by Gasteiger charge is 2.44. The molecule has 0 aliphatic heterocycles. The summed E-state index contributed by atoms with van der Waals surface area (Å²) < 4.78 is 1.22. The molecule has 0 amide bonds. The molecule has 4 heteroatoms. The third kappa shape index (κ3) is 4.09. The third-order valence-electron chi connectivity index (χ3n) is 3.99. The van der Waals surface area contributed by atoms with Crippen LogP contribution in [0, 0.1) is 14.9 Å². The van der Waals surface area contributed by atoms with Crippen molar-refractivity contribution >= 4 is 34.2 Å². The number of hydrogen-bond donors (Lipinski definition) is 2. The zero-order valence-corrected chi connectivity index (χ0v) is 13.3. The summed E-state index contributed by atoms with van der Waals surface area (Å²) in [6, 6.07) is 8.31. The maximum absolute atomic E-state index is 11.1. The number of nitrogens with one attached hydrogen (secondary N) is 1. The van der Waals surface area contributed by atoms with Crippen LogP contribution in [0.25, 0.3) is 0 Å². The van der Waals surface area contributed by atoms with Crippen LogP contribution in [0.15, 0.2) is 24.3 Å². The normalized spacial score (nSPS) is 17.8. The molecule has 3 nitrogen and oxygen atoms in total. The van der Waals surface area contributed by atoms with Gasteiger partial charge in [0.05, 0.1) is 5.92 Å². The van der Waals surface area contributed by atoms with Crippen LogP contribution in [-0.4, -0.2) is 17.6 Å². The lowest BCUT2D eigenvalue weighted by Gasteiger charge is -2.20. The number of carbonyl (C=O) groups is 1. The van der Waals surface area contributed by atoms with Gasteiger partial charge in [-0.1, -0.05) is 6.92 Å². The molecule has 1 saturated carbocycles. The van der Waals surface area contributed by atoms with Gasteiger partial charge in [0.1, 0.15) is 0 Å². The van der Waals surface area contributed by atoms with Gasteiger partial charge in [0.2, 0.25) is 0 Å². The molecule has 2 N–H and O–H groups in total. The molecule has 1 fully saturated rings. The lowest BCUT2D eigenvalue weighted by Crippen LogP contribution is -2.23. The van der Waals surface area contributed by atoms with Gasteiger partial charge < -0.3 is 10.4 Å². The predicted molar refractivity (Wildman–Crippen MR) is 85.3 cm³/mol. The fourth-order valence-corrected chi connectivity index (χ4v) is 2.78. The first-order chi connectivity index (χ1) is 9.04. The number of benzene rings is 1. The first kappa shape index (κ1) is 14.6. The average molecular weight is 373 g/mol. The third-order valence-corrected chi connectivity index (χ3v) is 4.71. The molecule has 2 rings (SSSR count). The molecule has 0 radical (unpaired) electrons. The van der Waals surface area contributed by atoms with Crippen molar-refractivity contribution in [3.8, 4) is 0 Å². The van der Waals surface area contributed by atoms with Crippen molar-refractivity contribution in [1.82, 2.24) is 0 Å². The number of anilines is 1. The SMILES string of the molecule is CCC(CC1(CNc2ccc(I)cc2)CC1)C(=O)O. The molecule has 19 heavy (non-hydrogen) atoms. The smallest absolute Gasteiger partial charge is 0.306 e. The average Bonchev–Trinajstić information content (AvgIpc) is 3.15. The summed E-state index contributed by atoms with van der Waals surface area (Å²) in [6.45, 7) is 2.85. The van der Waals surface area contributed by atoms with E-state index in [-0.39, 0.29) is 11.3 Å². The van der Waals surface area contributed by atoms with Gasteiger partial charge in [0.25, 0.3) is 0 Å². The van der Waals surface area contributed by atoms with E-state index in [9.17, 15) is 4.79 Å². The molecule has 1 unspecified atom stereocenters. The Morgan fingerprint density at radius 1 is 1.42 bits per heavy atom. The molecule has 1 aromatic carbocycles. The Bertz CT molecular complexity index is 440. The summed E-state index contributed by atoms with van der Waals surface area (Å²) in [5.74, 6) is -0.843. The fourth-order valence-electron chi connectivity index (χ4n) is 2.42. The van der Waals surface area contributed by atoms with Gasteiger partial charge in [-0.15, -0.1) is 0 Å². The molecule has 0 spiro atoms. The quantitative estimate of drug-likeness (QED) is 0.711. The summed E-state index contributed by atoms with van der Waals surface area (Å²) in [6.07, 6.45) is 3.82. The number of halogens is 1. The standard InChI is InChI=1S/C15H20INO2/c1-2-11(14(18)19)9-15(7-8-15)10-17-13-5-3-12(16)4-6-13/h3-6,11,17H,2,7-10H2,1H3,(H,18,19). The maximum Gasteiger partial charge on any atom is 0.306 e. The van der Waals surface area contributed by atoms with E-state index in [0.29, 0.717) is 0 Å². The summed E-state index contributed by atoms with van der Waals surface area (Å²) in [4.78, 5) is 11.1. The molecular formula is C15H20INO2. The first-order valence-electron chi connectivity index (χ1n) is 6.77. The molecule has 1 aliphatic rings. The van der Waals surface area contributed by atoms with Crippen LogP contribution in [0.3, 0.4) is 0 Å². The number of carboxylic acids is 1. The summed E-state index contributed by atoms with van der Waals surface area (Å²) in [5.41, 5.74) is 1.33. The fraction of sp³-hybridized carbons (Fsp3) is 0.533. The van der Waals surface area contributed by atoms with Crippen molar-refractivity contribution < 1.29 is 9.90 Å². The second-order valence-corrected chi connectivity index (χ2v) is 6.75. The summed E-state index contributed by atoms with van der Waals surface area (Å²) in [7, 11) is 0. The second kappa shape index (κ2) is 6.11. The first-order valence-corrected chi connectivity index (χ1v) is 7.85. The van der Waals surface area contributed by atoms with E-state index in [1.165, 1.54) is 3.57 Å². The lowest BCUT2D eigenvalue weighted by atomic mass is 9.90. The van der Waals surface area contributed by atoms with Crippen molar-refractivity contribution in [1.29, 1.82) is 0 Å². The van der Waals surface area contributed by atoms with E-state index in [2.05, 4.69) is 52.2 Å². The topological polar surface area (TPSA) is 49.3 Å². The number of hydrogen-bond acceptors (Lipinski definition) is 2. The minimum Gasteiger partial charge on any atom is -0.481 e. The van der Waals surface area contributed by atoms with Gasteiger partial charge in [0, 0.05) is 15.8 Å². The molecular weight excluding hydrogens is 353 g/mol. The lowest BCUT2D eigenvalue weighted by molar-refractivity contribution is -0.142. The summed E-state index contributed by atoms with van der Waals surface area (Å²) >= 11 is 2.29. The van der Waals surface area contributed by atoms with Crippen LogP contribution < -0.4 is 5.32 Å². The Hall–Kier alpha value is -0.780.